The fourth-order valence-corrected chi connectivity index (χ4v) is 2.86. The summed E-state index contributed by atoms with van der Waals surface area (Å²) in [6.07, 6.45) is 9.28. The maximum atomic E-state index is 6.29. The summed E-state index contributed by atoms with van der Waals surface area (Å²) in [5.41, 5.74) is 1.88. The Kier molecular flexibility index (Phi) is 4.16. The van der Waals surface area contributed by atoms with E-state index >= 15 is 0 Å². The van der Waals surface area contributed by atoms with Gasteiger partial charge >= 0.3 is 0 Å². The Morgan fingerprint density at radius 2 is 1.95 bits per heavy atom. The maximum Gasteiger partial charge on any atom is 0.143 e. The Labute approximate surface area is 123 Å². The van der Waals surface area contributed by atoms with Crippen LogP contribution in [-0.2, 0) is 0 Å². The van der Waals surface area contributed by atoms with Crippen LogP contribution in [-0.4, -0.2) is 26.2 Å². The smallest absolute Gasteiger partial charge is 0.143 e. The van der Waals surface area contributed by atoms with Crippen LogP contribution in [0.15, 0.2) is 24.5 Å². The molecule has 1 fully saturated rings. The third-order valence-corrected chi connectivity index (χ3v) is 4.11. The number of hydrogen-bond donors (Lipinski definition) is 1. The Morgan fingerprint density at radius 1 is 1.15 bits per heavy atom. The van der Waals surface area contributed by atoms with Gasteiger partial charge in [-0.1, -0.05) is 37.3 Å². The Morgan fingerprint density at radius 3 is 2.65 bits per heavy atom. The molecule has 1 aliphatic rings. The lowest BCUT2D eigenvalue weighted by atomic mass is 10.1. The Hall–Kier alpha value is -1.62. The summed E-state index contributed by atoms with van der Waals surface area (Å²) in [5, 5.41) is 15.5. The van der Waals surface area contributed by atoms with Crippen molar-refractivity contribution in [3.8, 4) is 5.69 Å². The highest BCUT2D eigenvalue weighted by Gasteiger charge is 2.14. The van der Waals surface area contributed by atoms with Crippen LogP contribution < -0.4 is 5.32 Å². The topological polar surface area (TPSA) is 55.6 Å². The van der Waals surface area contributed by atoms with Crippen molar-refractivity contribution in [3.05, 3.63) is 29.5 Å². The van der Waals surface area contributed by atoms with Crippen molar-refractivity contribution >= 4 is 17.3 Å². The van der Waals surface area contributed by atoms with Gasteiger partial charge < -0.3 is 5.32 Å². The summed E-state index contributed by atoms with van der Waals surface area (Å²) in [4.78, 5) is 0. The van der Waals surface area contributed by atoms with Gasteiger partial charge in [-0.3, -0.25) is 0 Å². The van der Waals surface area contributed by atoms with E-state index in [0.717, 1.165) is 16.4 Å². The van der Waals surface area contributed by atoms with Crippen LogP contribution in [0.3, 0.4) is 0 Å². The molecule has 0 unspecified atom stereocenters. The predicted octanol–water partition coefficient (Wildman–Crippen LogP) is 3.45. The number of anilines is 1. The lowest BCUT2D eigenvalue weighted by Gasteiger charge is -2.19. The zero-order chi connectivity index (χ0) is 13.8. The molecule has 1 aliphatic carbocycles. The molecule has 1 aromatic heterocycles. The Bertz CT molecular complexity index is 547. The van der Waals surface area contributed by atoms with Crippen LogP contribution in [0.4, 0.5) is 5.69 Å². The summed E-state index contributed by atoms with van der Waals surface area (Å²) in [6.45, 7) is 0. The van der Waals surface area contributed by atoms with Crippen molar-refractivity contribution in [2.45, 2.75) is 44.6 Å². The standard InChI is InChI=1S/C14H18ClN5/c15-13-8-7-12(20-10-16-18-19-20)9-14(13)17-11-5-3-1-2-4-6-11/h7-11,17H,1-6H2. The Balaban J connectivity index is 1.79. The molecule has 2 aromatic rings. The molecule has 0 amide bonds. The fraction of sp³-hybridized carbons (Fsp3) is 0.500. The number of rotatable bonds is 3. The zero-order valence-corrected chi connectivity index (χ0v) is 12.1. The van der Waals surface area contributed by atoms with E-state index in [1.165, 1.54) is 38.5 Å². The first kappa shape index (κ1) is 13.4. The molecule has 0 aliphatic heterocycles. The van der Waals surface area contributed by atoms with Crippen molar-refractivity contribution < 1.29 is 0 Å². The second-order valence-electron chi connectivity index (χ2n) is 5.25. The van der Waals surface area contributed by atoms with Crippen molar-refractivity contribution in [1.29, 1.82) is 0 Å². The van der Waals surface area contributed by atoms with Gasteiger partial charge in [-0.15, -0.1) is 5.10 Å². The van der Waals surface area contributed by atoms with E-state index in [-0.39, 0.29) is 0 Å². The lowest BCUT2D eigenvalue weighted by Crippen LogP contribution is -2.18. The number of benzene rings is 1. The van der Waals surface area contributed by atoms with Crippen molar-refractivity contribution in [3.63, 3.8) is 0 Å². The fourth-order valence-electron chi connectivity index (χ4n) is 2.69. The largest absolute Gasteiger partial charge is 0.381 e. The molecule has 0 radical (unpaired) electrons. The summed E-state index contributed by atoms with van der Waals surface area (Å²) in [5.74, 6) is 0. The second-order valence-corrected chi connectivity index (χ2v) is 5.66. The first-order valence-corrected chi connectivity index (χ1v) is 7.50. The quantitative estimate of drug-likeness (QED) is 0.880. The van der Waals surface area contributed by atoms with Crippen LogP contribution in [0.1, 0.15) is 38.5 Å². The van der Waals surface area contributed by atoms with Crippen molar-refractivity contribution in [2.24, 2.45) is 0 Å². The number of nitrogens with zero attached hydrogens (tertiary/aromatic N) is 4. The SMILES string of the molecule is Clc1ccc(-n2cnnn2)cc1NC1CCCCCC1. The van der Waals surface area contributed by atoms with E-state index in [1.54, 1.807) is 11.0 Å². The molecule has 20 heavy (non-hydrogen) atoms. The average Bonchev–Trinajstić information content (AvgIpc) is 2.87. The highest BCUT2D eigenvalue weighted by molar-refractivity contribution is 6.33. The lowest BCUT2D eigenvalue weighted by molar-refractivity contribution is 0.620. The number of hydrogen-bond acceptors (Lipinski definition) is 4. The minimum atomic E-state index is 0.513. The molecule has 0 bridgehead atoms. The van der Waals surface area contributed by atoms with Gasteiger partial charge in [0.15, 0.2) is 0 Å². The van der Waals surface area contributed by atoms with Crippen molar-refractivity contribution in [2.75, 3.05) is 5.32 Å². The molecule has 1 saturated carbocycles. The van der Waals surface area contributed by atoms with Gasteiger partial charge in [-0.25, -0.2) is 4.68 Å². The normalized spacial score (nSPS) is 16.9. The molecular weight excluding hydrogens is 274 g/mol. The van der Waals surface area contributed by atoms with E-state index in [1.807, 2.05) is 18.2 Å². The molecule has 0 saturated heterocycles. The minimum absolute atomic E-state index is 0.513. The molecule has 3 rings (SSSR count). The third-order valence-electron chi connectivity index (χ3n) is 3.78. The summed E-state index contributed by atoms with van der Waals surface area (Å²) in [6, 6.07) is 6.32. The molecule has 0 atom stereocenters. The summed E-state index contributed by atoms with van der Waals surface area (Å²) >= 11 is 6.29. The van der Waals surface area contributed by atoms with E-state index < -0.39 is 0 Å². The molecule has 106 valence electrons. The van der Waals surface area contributed by atoms with Crippen LogP contribution in [0.2, 0.25) is 5.02 Å². The molecule has 5 nitrogen and oxygen atoms in total. The molecule has 1 aromatic carbocycles. The first-order chi connectivity index (χ1) is 9.83. The number of halogens is 1. The van der Waals surface area contributed by atoms with E-state index in [2.05, 4.69) is 20.8 Å². The summed E-state index contributed by atoms with van der Waals surface area (Å²) in [7, 11) is 0. The molecule has 0 spiro atoms. The highest BCUT2D eigenvalue weighted by Crippen LogP contribution is 2.28. The maximum absolute atomic E-state index is 6.29. The van der Waals surface area contributed by atoms with Crippen LogP contribution >= 0.6 is 11.6 Å². The third kappa shape index (κ3) is 3.10. The molecule has 1 heterocycles. The zero-order valence-electron chi connectivity index (χ0n) is 11.3. The van der Waals surface area contributed by atoms with Gasteiger partial charge in [-0.2, -0.15) is 0 Å². The van der Waals surface area contributed by atoms with Crippen LogP contribution in [0.25, 0.3) is 5.69 Å². The molecule has 6 heteroatoms. The number of tetrazole rings is 1. The average molecular weight is 292 g/mol. The molecule has 1 N–H and O–H groups in total. The van der Waals surface area contributed by atoms with E-state index in [0.29, 0.717) is 6.04 Å². The van der Waals surface area contributed by atoms with E-state index in [4.69, 9.17) is 11.6 Å². The van der Waals surface area contributed by atoms with Gasteiger partial charge in [0.25, 0.3) is 0 Å². The first-order valence-electron chi connectivity index (χ1n) is 7.12. The number of aromatic nitrogens is 4. The predicted molar refractivity (Wildman–Crippen MR) is 79.3 cm³/mol. The second kappa shape index (κ2) is 6.22. The highest BCUT2D eigenvalue weighted by atomic mass is 35.5. The monoisotopic (exact) mass is 291 g/mol. The van der Waals surface area contributed by atoms with Crippen LogP contribution in [0, 0.1) is 0 Å². The van der Waals surface area contributed by atoms with Crippen LogP contribution in [0.5, 0.6) is 0 Å². The van der Waals surface area contributed by atoms with Gasteiger partial charge in [0.05, 0.1) is 16.4 Å². The molecular formula is C14H18ClN5. The minimum Gasteiger partial charge on any atom is -0.381 e. The van der Waals surface area contributed by atoms with Crippen molar-refractivity contribution in [1.82, 2.24) is 20.2 Å². The van der Waals surface area contributed by atoms with Gasteiger partial charge in [0.2, 0.25) is 0 Å². The summed E-state index contributed by atoms with van der Waals surface area (Å²) < 4.78 is 1.63. The van der Waals surface area contributed by atoms with Gasteiger partial charge in [0, 0.05) is 6.04 Å². The van der Waals surface area contributed by atoms with Gasteiger partial charge in [-0.05, 0) is 41.5 Å². The van der Waals surface area contributed by atoms with E-state index in [9.17, 15) is 0 Å². The van der Waals surface area contributed by atoms with Gasteiger partial charge in [0.1, 0.15) is 6.33 Å². The number of nitrogens with one attached hydrogen (secondary N) is 1.